The molecule has 0 saturated carbocycles. The summed E-state index contributed by atoms with van der Waals surface area (Å²) in [5.74, 6) is 0.866. The molecule has 0 bridgehead atoms. The molecule has 0 heterocycles. The van der Waals surface area contributed by atoms with E-state index in [1.807, 2.05) is 50.2 Å². The zero-order valence-electron chi connectivity index (χ0n) is 16.4. The van der Waals surface area contributed by atoms with Crippen molar-refractivity contribution in [2.75, 3.05) is 27.0 Å². The van der Waals surface area contributed by atoms with Gasteiger partial charge in [-0.1, -0.05) is 29.8 Å². The summed E-state index contributed by atoms with van der Waals surface area (Å²) in [6, 6.07) is 13.0. The van der Waals surface area contributed by atoms with Gasteiger partial charge in [-0.05, 0) is 32.0 Å². The molecule has 0 aliphatic rings. The second-order valence-electron chi connectivity index (χ2n) is 6.51. The van der Waals surface area contributed by atoms with Crippen LogP contribution in [-0.4, -0.2) is 43.7 Å². The Kier molecular flexibility index (Phi) is 7.30. The maximum absolute atomic E-state index is 12.9. The fourth-order valence-corrected chi connectivity index (χ4v) is 3.62. The summed E-state index contributed by atoms with van der Waals surface area (Å²) < 4.78 is 5.42. The zero-order chi connectivity index (χ0) is 20.0. The molecule has 1 unspecified atom stereocenters. The standard InChI is InChI=1S/C21H26N2O3S/c1-14-10-11-18(26-5)17(12-14)15(2)22-21(25)16-8-6-7-9-19(16)27-13-20(24)23(3)4/h6-12,15H,13H2,1-5H3,(H,22,25). The van der Waals surface area contributed by atoms with E-state index < -0.39 is 0 Å². The average molecular weight is 387 g/mol. The molecular weight excluding hydrogens is 360 g/mol. The van der Waals surface area contributed by atoms with Crippen molar-refractivity contribution in [3.8, 4) is 5.75 Å². The molecule has 6 heteroatoms. The van der Waals surface area contributed by atoms with Crippen LogP contribution >= 0.6 is 11.8 Å². The summed E-state index contributed by atoms with van der Waals surface area (Å²) in [4.78, 5) is 27.0. The van der Waals surface area contributed by atoms with Gasteiger partial charge in [0.2, 0.25) is 5.91 Å². The maximum Gasteiger partial charge on any atom is 0.252 e. The van der Waals surface area contributed by atoms with Crippen LogP contribution in [0.25, 0.3) is 0 Å². The third kappa shape index (κ3) is 5.50. The van der Waals surface area contributed by atoms with Crippen molar-refractivity contribution < 1.29 is 14.3 Å². The molecule has 0 fully saturated rings. The van der Waals surface area contributed by atoms with Crippen molar-refractivity contribution in [2.45, 2.75) is 24.8 Å². The largest absolute Gasteiger partial charge is 0.496 e. The number of aryl methyl sites for hydroxylation is 1. The van der Waals surface area contributed by atoms with E-state index in [2.05, 4.69) is 5.32 Å². The van der Waals surface area contributed by atoms with Crippen molar-refractivity contribution in [1.29, 1.82) is 0 Å². The van der Waals surface area contributed by atoms with Crippen LogP contribution in [0.3, 0.4) is 0 Å². The van der Waals surface area contributed by atoms with Gasteiger partial charge in [0.25, 0.3) is 5.91 Å². The number of amides is 2. The second kappa shape index (κ2) is 9.46. The van der Waals surface area contributed by atoms with E-state index in [1.165, 1.54) is 11.8 Å². The molecule has 0 saturated heterocycles. The van der Waals surface area contributed by atoms with Crippen LogP contribution in [0.15, 0.2) is 47.4 Å². The van der Waals surface area contributed by atoms with Crippen molar-refractivity contribution in [2.24, 2.45) is 0 Å². The van der Waals surface area contributed by atoms with Crippen LogP contribution in [-0.2, 0) is 4.79 Å². The molecule has 2 aromatic rings. The Morgan fingerprint density at radius 3 is 2.56 bits per heavy atom. The lowest BCUT2D eigenvalue weighted by molar-refractivity contribution is -0.125. The highest BCUT2D eigenvalue weighted by atomic mass is 32.2. The van der Waals surface area contributed by atoms with E-state index in [0.29, 0.717) is 11.3 Å². The van der Waals surface area contributed by atoms with Gasteiger partial charge in [-0.3, -0.25) is 9.59 Å². The Balaban J connectivity index is 2.16. The quantitative estimate of drug-likeness (QED) is 0.738. The first-order chi connectivity index (χ1) is 12.8. The van der Waals surface area contributed by atoms with Gasteiger partial charge in [0.15, 0.2) is 0 Å². The van der Waals surface area contributed by atoms with Crippen LogP contribution in [0.1, 0.15) is 34.5 Å². The highest BCUT2D eigenvalue weighted by Crippen LogP contribution is 2.28. The number of hydrogen-bond donors (Lipinski definition) is 1. The van der Waals surface area contributed by atoms with Gasteiger partial charge in [-0.2, -0.15) is 0 Å². The first kappa shape index (κ1) is 20.8. The van der Waals surface area contributed by atoms with Gasteiger partial charge in [-0.15, -0.1) is 11.8 Å². The van der Waals surface area contributed by atoms with Crippen LogP contribution < -0.4 is 10.1 Å². The molecular formula is C21H26N2O3S. The Bertz CT molecular complexity index is 821. The number of carbonyl (C=O) groups excluding carboxylic acids is 2. The number of carbonyl (C=O) groups is 2. The van der Waals surface area contributed by atoms with E-state index in [4.69, 9.17) is 4.74 Å². The van der Waals surface area contributed by atoms with Gasteiger partial charge in [0, 0.05) is 24.6 Å². The normalized spacial score (nSPS) is 11.6. The first-order valence-electron chi connectivity index (χ1n) is 8.71. The monoisotopic (exact) mass is 386 g/mol. The Hall–Kier alpha value is -2.47. The zero-order valence-corrected chi connectivity index (χ0v) is 17.2. The average Bonchev–Trinajstić information content (AvgIpc) is 2.65. The molecule has 144 valence electrons. The number of nitrogens with zero attached hydrogens (tertiary/aromatic N) is 1. The van der Waals surface area contributed by atoms with Gasteiger partial charge in [-0.25, -0.2) is 0 Å². The lowest BCUT2D eigenvalue weighted by Gasteiger charge is -2.19. The molecule has 2 rings (SSSR count). The Labute approximate surface area is 165 Å². The van der Waals surface area contributed by atoms with Crippen molar-refractivity contribution in [1.82, 2.24) is 10.2 Å². The SMILES string of the molecule is COc1ccc(C)cc1C(C)NC(=O)c1ccccc1SCC(=O)N(C)C. The van der Waals surface area contributed by atoms with Crippen molar-refractivity contribution >= 4 is 23.6 Å². The number of rotatable bonds is 7. The smallest absolute Gasteiger partial charge is 0.252 e. The minimum absolute atomic E-state index is 0.00748. The second-order valence-corrected chi connectivity index (χ2v) is 7.53. The summed E-state index contributed by atoms with van der Waals surface area (Å²) in [5.41, 5.74) is 2.59. The summed E-state index contributed by atoms with van der Waals surface area (Å²) in [6.45, 7) is 3.94. The highest BCUT2D eigenvalue weighted by molar-refractivity contribution is 8.00. The number of thioether (sulfide) groups is 1. The lowest BCUT2D eigenvalue weighted by Crippen LogP contribution is -2.27. The number of nitrogens with one attached hydrogen (secondary N) is 1. The van der Waals surface area contributed by atoms with E-state index in [-0.39, 0.29) is 17.9 Å². The third-order valence-electron chi connectivity index (χ3n) is 4.18. The van der Waals surface area contributed by atoms with Gasteiger partial charge < -0.3 is 15.0 Å². The van der Waals surface area contributed by atoms with Gasteiger partial charge in [0.05, 0.1) is 24.5 Å². The molecule has 0 aliphatic carbocycles. The predicted octanol–water partition coefficient (Wildman–Crippen LogP) is 3.67. The molecule has 0 radical (unpaired) electrons. The minimum Gasteiger partial charge on any atom is -0.496 e. The van der Waals surface area contributed by atoms with Crippen molar-refractivity contribution in [3.63, 3.8) is 0 Å². The van der Waals surface area contributed by atoms with Crippen LogP contribution in [0.5, 0.6) is 5.75 Å². The molecule has 1 atom stereocenters. The van der Waals surface area contributed by atoms with Crippen LogP contribution in [0.2, 0.25) is 0 Å². The Morgan fingerprint density at radius 1 is 1.19 bits per heavy atom. The van der Waals surface area contributed by atoms with E-state index in [9.17, 15) is 9.59 Å². The Morgan fingerprint density at radius 2 is 1.89 bits per heavy atom. The number of hydrogen-bond acceptors (Lipinski definition) is 4. The first-order valence-corrected chi connectivity index (χ1v) is 9.69. The third-order valence-corrected chi connectivity index (χ3v) is 5.24. The van der Waals surface area contributed by atoms with Crippen LogP contribution in [0.4, 0.5) is 0 Å². The summed E-state index contributed by atoms with van der Waals surface area (Å²) >= 11 is 1.37. The van der Waals surface area contributed by atoms with Gasteiger partial charge in [0.1, 0.15) is 5.75 Å². The van der Waals surface area contributed by atoms with E-state index in [0.717, 1.165) is 21.8 Å². The molecule has 1 N–H and O–H groups in total. The van der Waals surface area contributed by atoms with Crippen molar-refractivity contribution in [3.05, 3.63) is 59.2 Å². The molecule has 0 aromatic heterocycles. The van der Waals surface area contributed by atoms with Crippen LogP contribution in [0, 0.1) is 6.92 Å². The molecule has 0 spiro atoms. The molecule has 2 amide bonds. The van der Waals surface area contributed by atoms with E-state index in [1.54, 1.807) is 32.2 Å². The van der Waals surface area contributed by atoms with E-state index >= 15 is 0 Å². The lowest BCUT2D eigenvalue weighted by atomic mass is 10.0. The highest BCUT2D eigenvalue weighted by Gasteiger charge is 2.18. The summed E-state index contributed by atoms with van der Waals surface area (Å²) in [7, 11) is 5.06. The number of methoxy groups -OCH3 is 1. The summed E-state index contributed by atoms with van der Waals surface area (Å²) in [5, 5.41) is 3.04. The fourth-order valence-electron chi connectivity index (χ4n) is 2.59. The molecule has 27 heavy (non-hydrogen) atoms. The number of ether oxygens (including phenoxy) is 1. The topological polar surface area (TPSA) is 58.6 Å². The molecule has 5 nitrogen and oxygen atoms in total. The fraction of sp³-hybridized carbons (Fsp3) is 0.333. The molecule has 2 aromatic carbocycles. The predicted molar refractivity (Wildman–Crippen MR) is 109 cm³/mol. The van der Waals surface area contributed by atoms with Gasteiger partial charge >= 0.3 is 0 Å². The minimum atomic E-state index is -0.214. The maximum atomic E-state index is 12.9. The number of benzene rings is 2. The molecule has 0 aliphatic heterocycles. The summed E-state index contributed by atoms with van der Waals surface area (Å²) in [6.07, 6.45) is 0.